The standard InChI is InChI=1S/C20H21BrN6O3S/c1-12(14-6-9-17(29-2)18(10-14)30-3)23-24-19-25-26-20(27(19)22)31-11-16(28)13-4-7-15(21)8-5-13/h4-10H,11,22H2,1-3H3,(H,24,25)/b23-12+. The number of hydrogen-bond donors (Lipinski definition) is 2. The summed E-state index contributed by atoms with van der Waals surface area (Å²) in [5.74, 6) is 7.68. The van der Waals surface area contributed by atoms with Crippen LogP contribution in [-0.2, 0) is 0 Å². The largest absolute Gasteiger partial charge is 0.493 e. The third-order valence-electron chi connectivity index (χ3n) is 4.29. The number of benzene rings is 2. The maximum absolute atomic E-state index is 12.3. The van der Waals surface area contributed by atoms with Crippen molar-refractivity contribution in [2.75, 3.05) is 31.2 Å². The summed E-state index contributed by atoms with van der Waals surface area (Å²) in [7, 11) is 3.15. The van der Waals surface area contributed by atoms with Crippen molar-refractivity contribution in [3.8, 4) is 11.5 Å². The number of aromatic nitrogens is 3. The Morgan fingerprint density at radius 2 is 1.81 bits per heavy atom. The number of nitrogen functional groups attached to an aromatic ring is 1. The highest BCUT2D eigenvalue weighted by molar-refractivity contribution is 9.10. The lowest BCUT2D eigenvalue weighted by molar-refractivity contribution is 0.102. The molecule has 0 amide bonds. The van der Waals surface area contributed by atoms with E-state index in [0.29, 0.717) is 27.9 Å². The summed E-state index contributed by atoms with van der Waals surface area (Å²) in [4.78, 5) is 12.3. The monoisotopic (exact) mass is 504 g/mol. The number of thioether (sulfide) groups is 1. The molecule has 3 aromatic rings. The first-order chi connectivity index (χ1) is 14.9. The molecule has 2 aromatic carbocycles. The molecular weight excluding hydrogens is 484 g/mol. The molecule has 1 heterocycles. The van der Waals surface area contributed by atoms with Gasteiger partial charge >= 0.3 is 0 Å². The summed E-state index contributed by atoms with van der Waals surface area (Å²) in [5, 5.41) is 12.7. The van der Waals surface area contributed by atoms with E-state index in [9.17, 15) is 4.79 Å². The molecule has 0 bridgehead atoms. The Morgan fingerprint density at radius 3 is 2.48 bits per heavy atom. The highest BCUT2D eigenvalue weighted by Gasteiger charge is 2.13. The predicted octanol–water partition coefficient (Wildman–Crippen LogP) is 3.58. The van der Waals surface area contributed by atoms with Crippen molar-refractivity contribution in [1.29, 1.82) is 0 Å². The van der Waals surface area contributed by atoms with Crippen molar-refractivity contribution < 1.29 is 14.3 Å². The number of halogens is 1. The van der Waals surface area contributed by atoms with Gasteiger partial charge in [-0.05, 0) is 37.3 Å². The molecule has 3 N–H and O–H groups in total. The van der Waals surface area contributed by atoms with Gasteiger partial charge < -0.3 is 15.3 Å². The quantitative estimate of drug-likeness (QED) is 0.149. The van der Waals surface area contributed by atoms with Gasteiger partial charge in [-0.3, -0.25) is 4.79 Å². The van der Waals surface area contributed by atoms with Gasteiger partial charge in [0, 0.05) is 15.6 Å². The Morgan fingerprint density at radius 1 is 1.13 bits per heavy atom. The molecule has 0 aliphatic rings. The number of nitrogens with one attached hydrogen (secondary N) is 1. The number of Topliss-reactive ketones (excluding diaryl/α,β-unsaturated/α-hetero) is 1. The van der Waals surface area contributed by atoms with Crippen molar-refractivity contribution in [2.24, 2.45) is 5.10 Å². The number of anilines is 1. The lowest BCUT2D eigenvalue weighted by Gasteiger charge is -2.09. The lowest BCUT2D eigenvalue weighted by Crippen LogP contribution is -2.14. The number of rotatable bonds is 9. The van der Waals surface area contributed by atoms with E-state index in [1.165, 1.54) is 16.4 Å². The van der Waals surface area contributed by atoms with Gasteiger partial charge in [0.1, 0.15) is 0 Å². The molecule has 0 radical (unpaired) electrons. The van der Waals surface area contributed by atoms with Crippen molar-refractivity contribution in [3.05, 3.63) is 58.1 Å². The van der Waals surface area contributed by atoms with Gasteiger partial charge in [0.2, 0.25) is 5.16 Å². The predicted molar refractivity (Wildman–Crippen MR) is 125 cm³/mol. The first-order valence-corrected chi connectivity index (χ1v) is 10.9. The molecule has 9 nitrogen and oxygen atoms in total. The zero-order chi connectivity index (χ0) is 22.4. The minimum atomic E-state index is -0.0303. The summed E-state index contributed by atoms with van der Waals surface area (Å²) in [5.41, 5.74) is 4.94. The van der Waals surface area contributed by atoms with E-state index in [1.54, 1.807) is 32.4 Å². The van der Waals surface area contributed by atoms with E-state index in [-0.39, 0.29) is 17.5 Å². The van der Waals surface area contributed by atoms with E-state index in [4.69, 9.17) is 15.3 Å². The van der Waals surface area contributed by atoms with Gasteiger partial charge in [0.15, 0.2) is 17.3 Å². The van der Waals surface area contributed by atoms with Crippen LogP contribution in [0.25, 0.3) is 0 Å². The summed E-state index contributed by atoms with van der Waals surface area (Å²) in [6, 6.07) is 12.7. The van der Waals surface area contributed by atoms with E-state index in [2.05, 4.69) is 36.7 Å². The second-order valence-corrected chi connectivity index (χ2v) is 8.13. The molecule has 3 rings (SSSR count). The minimum Gasteiger partial charge on any atom is -0.493 e. The fraction of sp³-hybridized carbons (Fsp3) is 0.200. The molecule has 0 fully saturated rings. The van der Waals surface area contributed by atoms with Crippen LogP contribution in [0.3, 0.4) is 0 Å². The van der Waals surface area contributed by atoms with Crippen molar-refractivity contribution in [3.63, 3.8) is 0 Å². The minimum absolute atomic E-state index is 0.0303. The zero-order valence-corrected chi connectivity index (χ0v) is 19.5. The molecule has 0 saturated carbocycles. The molecule has 0 saturated heterocycles. The maximum Gasteiger partial charge on any atom is 0.264 e. The van der Waals surface area contributed by atoms with Crippen LogP contribution >= 0.6 is 27.7 Å². The number of ketones is 1. The molecule has 0 atom stereocenters. The molecule has 0 aliphatic carbocycles. The van der Waals surface area contributed by atoms with Gasteiger partial charge in [-0.1, -0.05) is 39.8 Å². The van der Waals surface area contributed by atoms with E-state index in [1.807, 2.05) is 31.2 Å². The number of hydrogen-bond acceptors (Lipinski definition) is 9. The molecule has 0 spiro atoms. The molecule has 1 aromatic heterocycles. The molecule has 31 heavy (non-hydrogen) atoms. The van der Waals surface area contributed by atoms with Gasteiger partial charge in [-0.2, -0.15) is 5.10 Å². The van der Waals surface area contributed by atoms with E-state index < -0.39 is 0 Å². The maximum atomic E-state index is 12.3. The third-order valence-corrected chi connectivity index (χ3v) is 5.76. The second-order valence-electron chi connectivity index (χ2n) is 6.27. The highest BCUT2D eigenvalue weighted by Crippen LogP contribution is 2.28. The molecule has 11 heteroatoms. The summed E-state index contributed by atoms with van der Waals surface area (Å²) in [6.07, 6.45) is 0. The second kappa shape index (κ2) is 10.3. The number of nitrogens with two attached hydrogens (primary N) is 1. The van der Waals surface area contributed by atoms with Crippen LogP contribution in [0.4, 0.5) is 5.95 Å². The summed E-state index contributed by atoms with van der Waals surface area (Å²) < 4.78 is 12.7. The van der Waals surface area contributed by atoms with Crippen molar-refractivity contribution in [1.82, 2.24) is 14.9 Å². The number of hydrazone groups is 1. The average molecular weight is 505 g/mol. The smallest absolute Gasteiger partial charge is 0.264 e. The van der Waals surface area contributed by atoms with Crippen LogP contribution in [0.2, 0.25) is 0 Å². The number of nitrogens with zero attached hydrogens (tertiary/aromatic N) is 4. The van der Waals surface area contributed by atoms with Crippen LogP contribution in [-0.4, -0.2) is 46.3 Å². The number of carbonyl (C=O) groups excluding carboxylic acids is 1. The fourth-order valence-electron chi connectivity index (χ4n) is 2.56. The topological polar surface area (TPSA) is 117 Å². The lowest BCUT2D eigenvalue weighted by atomic mass is 10.1. The number of ether oxygens (including phenoxy) is 2. The van der Waals surface area contributed by atoms with Gasteiger partial charge in [-0.25, -0.2) is 10.1 Å². The average Bonchev–Trinajstić information content (AvgIpc) is 3.14. The Balaban J connectivity index is 1.64. The van der Waals surface area contributed by atoms with Gasteiger partial charge in [-0.15, -0.1) is 10.2 Å². The van der Waals surface area contributed by atoms with Crippen molar-refractivity contribution in [2.45, 2.75) is 12.1 Å². The number of carbonyl (C=O) groups is 1. The molecule has 0 aliphatic heterocycles. The molecular formula is C20H21BrN6O3S. The summed E-state index contributed by atoms with van der Waals surface area (Å²) >= 11 is 4.55. The first-order valence-electron chi connectivity index (χ1n) is 9.07. The van der Waals surface area contributed by atoms with Crippen LogP contribution in [0.15, 0.2) is 57.2 Å². The fourth-order valence-corrected chi connectivity index (χ4v) is 3.58. The van der Waals surface area contributed by atoms with Gasteiger partial charge in [0.25, 0.3) is 5.95 Å². The molecule has 0 unspecified atom stereocenters. The Kier molecular flexibility index (Phi) is 7.53. The van der Waals surface area contributed by atoms with E-state index in [0.717, 1.165) is 10.0 Å². The van der Waals surface area contributed by atoms with Crippen LogP contribution in [0, 0.1) is 0 Å². The Bertz CT molecular complexity index is 1100. The highest BCUT2D eigenvalue weighted by atomic mass is 79.9. The normalized spacial score (nSPS) is 11.3. The van der Waals surface area contributed by atoms with Gasteiger partial charge in [0.05, 0.1) is 25.7 Å². The molecule has 162 valence electrons. The van der Waals surface area contributed by atoms with Crippen molar-refractivity contribution >= 4 is 45.1 Å². The third kappa shape index (κ3) is 5.56. The summed E-state index contributed by atoms with van der Waals surface area (Å²) in [6.45, 7) is 1.83. The zero-order valence-electron chi connectivity index (χ0n) is 17.1. The van der Waals surface area contributed by atoms with Crippen LogP contribution < -0.4 is 20.7 Å². The Hall–Kier alpha value is -3.05. The Labute approximate surface area is 192 Å². The van der Waals surface area contributed by atoms with Crippen LogP contribution in [0.5, 0.6) is 11.5 Å². The van der Waals surface area contributed by atoms with Crippen LogP contribution in [0.1, 0.15) is 22.8 Å². The first kappa shape index (κ1) is 22.6. The SMILES string of the molecule is COc1ccc(/C(C)=N/Nc2nnc(SCC(=O)c3ccc(Br)cc3)n2N)cc1OC. The van der Waals surface area contributed by atoms with E-state index >= 15 is 0 Å². The number of methoxy groups -OCH3 is 2.